The molecule has 0 N–H and O–H groups in total. The molecule has 32 heavy (non-hydrogen) atoms. The van der Waals surface area contributed by atoms with E-state index in [9.17, 15) is 13.2 Å². The van der Waals surface area contributed by atoms with Crippen molar-refractivity contribution in [1.29, 1.82) is 0 Å². The van der Waals surface area contributed by atoms with Crippen LogP contribution in [0.3, 0.4) is 0 Å². The Hall–Kier alpha value is -3.67. The van der Waals surface area contributed by atoms with Gasteiger partial charge in [0.1, 0.15) is 31.0 Å². The molecule has 9 nitrogen and oxygen atoms in total. The summed E-state index contributed by atoms with van der Waals surface area (Å²) in [5.41, 5.74) is 4.80. The lowest BCUT2D eigenvalue weighted by Crippen LogP contribution is -2.16. The first kappa shape index (κ1) is 20.2. The average Bonchev–Trinajstić information content (AvgIpc) is 3.44. The third kappa shape index (κ3) is 3.62. The number of benzene rings is 1. The molecule has 12 heteroatoms. The number of fused-ring (bicyclic) bond motifs is 5. The van der Waals surface area contributed by atoms with E-state index in [0.29, 0.717) is 17.9 Å². The topological polar surface area (TPSA) is 93.0 Å². The lowest BCUT2D eigenvalue weighted by molar-refractivity contribution is -0.178. The second-order valence-electron chi connectivity index (χ2n) is 7.27. The van der Waals surface area contributed by atoms with E-state index < -0.39 is 19.4 Å². The molecule has 3 aromatic heterocycles. The van der Waals surface area contributed by atoms with Crippen molar-refractivity contribution in [3.05, 3.63) is 47.9 Å². The number of methoxy groups -OCH3 is 1. The van der Waals surface area contributed by atoms with Gasteiger partial charge in [0.2, 0.25) is 5.82 Å². The van der Waals surface area contributed by atoms with Crippen molar-refractivity contribution in [2.24, 2.45) is 7.05 Å². The first-order chi connectivity index (χ1) is 15.3. The van der Waals surface area contributed by atoms with Crippen LogP contribution in [0.2, 0.25) is 0 Å². The molecule has 0 fully saturated rings. The SMILES string of the molecule is COc1ccc2c(c1)-c1nn(C)cc1Cc1c(-c3noc(COCC(F)(F)F)n3)ncn1-2. The highest BCUT2D eigenvalue weighted by molar-refractivity contribution is 5.77. The number of aryl methyl sites for hydroxylation is 1. The number of aromatic nitrogens is 6. The van der Waals surface area contributed by atoms with Crippen molar-refractivity contribution in [1.82, 2.24) is 29.5 Å². The van der Waals surface area contributed by atoms with Gasteiger partial charge in [-0.1, -0.05) is 5.16 Å². The average molecular weight is 446 g/mol. The van der Waals surface area contributed by atoms with Crippen molar-refractivity contribution in [2.75, 3.05) is 13.7 Å². The number of imidazole rings is 1. The molecule has 4 aromatic rings. The molecule has 1 aromatic carbocycles. The molecule has 0 unspecified atom stereocenters. The molecule has 1 aliphatic heterocycles. The molecule has 166 valence electrons. The van der Waals surface area contributed by atoms with Crippen LogP contribution in [0.1, 0.15) is 17.1 Å². The van der Waals surface area contributed by atoms with Gasteiger partial charge in [-0.2, -0.15) is 23.3 Å². The highest BCUT2D eigenvalue weighted by Gasteiger charge is 2.29. The Morgan fingerprint density at radius 1 is 1.22 bits per heavy atom. The molecular formula is C20H17F3N6O3. The Morgan fingerprint density at radius 3 is 2.84 bits per heavy atom. The largest absolute Gasteiger partial charge is 0.497 e. The van der Waals surface area contributed by atoms with E-state index in [1.54, 1.807) is 18.1 Å². The summed E-state index contributed by atoms with van der Waals surface area (Å²) in [6.07, 6.45) is -0.360. The van der Waals surface area contributed by atoms with Gasteiger partial charge in [0.15, 0.2) is 0 Å². The van der Waals surface area contributed by atoms with Crippen molar-refractivity contribution in [3.63, 3.8) is 0 Å². The summed E-state index contributed by atoms with van der Waals surface area (Å²) in [6.45, 7) is -1.84. The molecule has 0 spiro atoms. The van der Waals surface area contributed by atoms with Crippen LogP contribution >= 0.6 is 0 Å². The summed E-state index contributed by atoms with van der Waals surface area (Å²) in [7, 11) is 3.45. The standard InChI is InChI=1S/C20H17F3N6O3/c1-28-7-11-5-15-18(19-25-16(32-27-19)8-31-9-20(21,22)23)24-10-29(15)14-4-3-12(30-2)6-13(14)17(11)26-28/h3-4,6-7,10H,5,8-9H2,1-2H3. The molecule has 5 rings (SSSR count). The van der Waals surface area contributed by atoms with E-state index in [0.717, 1.165) is 28.2 Å². The van der Waals surface area contributed by atoms with Crippen molar-refractivity contribution in [2.45, 2.75) is 19.2 Å². The molecular weight excluding hydrogens is 429 g/mol. The minimum absolute atomic E-state index is 0.0631. The smallest absolute Gasteiger partial charge is 0.411 e. The normalized spacial score (nSPS) is 12.8. The second-order valence-corrected chi connectivity index (χ2v) is 7.27. The monoisotopic (exact) mass is 446 g/mol. The first-order valence-electron chi connectivity index (χ1n) is 9.57. The fraction of sp³-hybridized carbons (Fsp3) is 0.300. The van der Waals surface area contributed by atoms with Crippen molar-refractivity contribution >= 4 is 0 Å². The van der Waals surface area contributed by atoms with E-state index in [1.165, 1.54) is 0 Å². The summed E-state index contributed by atoms with van der Waals surface area (Å²) in [5.74, 6) is 0.810. The number of ether oxygens (including phenoxy) is 2. The Bertz CT molecular complexity index is 1290. The maximum Gasteiger partial charge on any atom is 0.411 e. The van der Waals surface area contributed by atoms with Gasteiger partial charge in [0.25, 0.3) is 5.89 Å². The van der Waals surface area contributed by atoms with Gasteiger partial charge in [-0.15, -0.1) is 0 Å². The maximum atomic E-state index is 12.3. The minimum atomic E-state index is -4.43. The zero-order chi connectivity index (χ0) is 22.5. The Labute approximate surface area is 179 Å². The van der Waals surface area contributed by atoms with Gasteiger partial charge < -0.3 is 18.6 Å². The molecule has 0 amide bonds. The zero-order valence-corrected chi connectivity index (χ0v) is 17.0. The molecule has 1 aliphatic rings. The lowest BCUT2D eigenvalue weighted by atomic mass is 10.0. The summed E-state index contributed by atoms with van der Waals surface area (Å²) >= 11 is 0. The number of hydrogen-bond donors (Lipinski definition) is 0. The predicted molar refractivity (Wildman–Crippen MR) is 104 cm³/mol. The zero-order valence-electron chi connectivity index (χ0n) is 17.0. The van der Waals surface area contributed by atoms with E-state index in [2.05, 4.69) is 25.0 Å². The summed E-state index contributed by atoms with van der Waals surface area (Å²) in [4.78, 5) is 8.63. The van der Waals surface area contributed by atoms with Crippen LogP contribution < -0.4 is 4.74 Å². The highest BCUT2D eigenvalue weighted by Crippen LogP contribution is 2.38. The fourth-order valence-corrected chi connectivity index (χ4v) is 3.72. The van der Waals surface area contributed by atoms with Crippen LogP contribution in [0.4, 0.5) is 13.2 Å². The number of rotatable bonds is 5. The van der Waals surface area contributed by atoms with E-state index >= 15 is 0 Å². The van der Waals surface area contributed by atoms with Gasteiger partial charge in [-0.05, 0) is 18.2 Å². The van der Waals surface area contributed by atoms with Gasteiger partial charge in [0.05, 0.1) is 24.2 Å². The predicted octanol–water partition coefficient (Wildman–Crippen LogP) is 3.31. The van der Waals surface area contributed by atoms with E-state index in [-0.39, 0.29) is 11.7 Å². The number of hydrogen-bond acceptors (Lipinski definition) is 7. The fourth-order valence-electron chi connectivity index (χ4n) is 3.72. The van der Waals surface area contributed by atoms with Crippen LogP contribution in [-0.4, -0.2) is 49.4 Å². The van der Waals surface area contributed by atoms with Crippen molar-refractivity contribution in [3.8, 4) is 34.2 Å². The molecule has 0 aliphatic carbocycles. The number of nitrogens with zero attached hydrogens (tertiary/aromatic N) is 6. The summed E-state index contributed by atoms with van der Waals surface area (Å²) in [5, 5.41) is 8.51. The number of halogens is 3. The lowest BCUT2D eigenvalue weighted by Gasteiger charge is -2.11. The molecule has 0 bridgehead atoms. The molecule has 0 atom stereocenters. The quantitative estimate of drug-likeness (QED) is 0.409. The van der Waals surface area contributed by atoms with Crippen LogP contribution in [0, 0.1) is 0 Å². The molecule has 0 saturated heterocycles. The minimum Gasteiger partial charge on any atom is -0.497 e. The van der Waals surface area contributed by atoms with E-state index in [4.69, 9.17) is 9.26 Å². The first-order valence-corrected chi connectivity index (χ1v) is 9.57. The summed E-state index contributed by atoms with van der Waals surface area (Å²) in [6, 6.07) is 5.68. The highest BCUT2D eigenvalue weighted by atomic mass is 19.4. The van der Waals surface area contributed by atoms with Crippen LogP contribution in [0.25, 0.3) is 28.5 Å². The van der Waals surface area contributed by atoms with E-state index in [1.807, 2.05) is 36.0 Å². The van der Waals surface area contributed by atoms with Crippen LogP contribution in [-0.2, 0) is 24.8 Å². The third-order valence-corrected chi connectivity index (χ3v) is 5.02. The Balaban J connectivity index is 1.53. The van der Waals surface area contributed by atoms with Gasteiger partial charge >= 0.3 is 6.18 Å². The molecule has 0 radical (unpaired) electrons. The Kier molecular flexibility index (Phi) is 4.73. The van der Waals surface area contributed by atoms with Gasteiger partial charge in [-0.3, -0.25) is 4.68 Å². The molecule has 4 heterocycles. The second kappa shape index (κ2) is 7.48. The molecule has 0 saturated carbocycles. The van der Waals surface area contributed by atoms with Gasteiger partial charge in [0, 0.05) is 30.8 Å². The van der Waals surface area contributed by atoms with Crippen molar-refractivity contribution < 1.29 is 27.2 Å². The van der Waals surface area contributed by atoms with Crippen LogP contribution in [0.5, 0.6) is 5.75 Å². The van der Waals surface area contributed by atoms with Crippen LogP contribution in [0.15, 0.2) is 35.2 Å². The maximum absolute atomic E-state index is 12.3. The third-order valence-electron chi connectivity index (χ3n) is 5.02. The summed E-state index contributed by atoms with van der Waals surface area (Å²) < 4.78 is 55.6. The Morgan fingerprint density at radius 2 is 2.06 bits per heavy atom. The number of alkyl halides is 3. The van der Waals surface area contributed by atoms with Gasteiger partial charge in [-0.25, -0.2) is 4.98 Å².